The molecule has 0 aromatic carbocycles. The van der Waals surface area contributed by atoms with Gasteiger partial charge in [-0.2, -0.15) is 0 Å². The van der Waals surface area contributed by atoms with Crippen molar-refractivity contribution in [3.8, 4) is 0 Å². The lowest BCUT2D eigenvalue weighted by atomic mass is 9.97. The first-order chi connectivity index (χ1) is 13.7. The van der Waals surface area contributed by atoms with E-state index < -0.39 is 0 Å². The minimum absolute atomic E-state index is 0.0821. The van der Waals surface area contributed by atoms with E-state index in [0.29, 0.717) is 19.6 Å². The second-order valence-electron chi connectivity index (χ2n) is 7.42. The van der Waals surface area contributed by atoms with E-state index in [4.69, 9.17) is 9.72 Å². The third-order valence-corrected chi connectivity index (χ3v) is 7.78. The number of hydrogen-bond donors (Lipinski definition) is 0. The fourth-order valence-electron chi connectivity index (χ4n) is 4.07. The summed E-state index contributed by atoms with van der Waals surface area (Å²) in [4.78, 5) is 34.1. The number of thioether (sulfide) groups is 1. The molecule has 4 rings (SSSR count). The summed E-state index contributed by atoms with van der Waals surface area (Å²) in [6, 6.07) is 0. The van der Waals surface area contributed by atoms with Crippen LogP contribution in [0.1, 0.15) is 42.5 Å². The van der Waals surface area contributed by atoms with Gasteiger partial charge in [-0.15, -0.1) is 11.3 Å². The van der Waals surface area contributed by atoms with Gasteiger partial charge in [0.25, 0.3) is 5.56 Å². The van der Waals surface area contributed by atoms with Gasteiger partial charge in [0.2, 0.25) is 5.91 Å². The molecule has 8 heteroatoms. The molecule has 2 aliphatic rings. The fraction of sp³-hybridized carbons (Fsp3) is 0.650. The second-order valence-corrected chi connectivity index (χ2v) is 9.57. The zero-order chi connectivity index (χ0) is 19.5. The van der Waals surface area contributed by atoms with Crippen molar-refractivity contribution in [3.05, 3.63) is 20.8 Å². The number of likely N-dealkylation sites (tertiary alicyclic amines) is 1. The van der Waals surface area contributed by atoms with Crippen molar-refractivity contribution >= 4 is 39.2 Å². The Bertz CT molecular complexity index is 922. The van der Waals surface area contributed by atoms with Gasteiger partial charge in [0, 0.05) is 37.3 Å². The molecule has 0 unspecified atom stereocenters. The third-order valence-electron chi connectivity index (χ3n) is 5.53. The van der Waals surface area contributed by atoms with E-state index in [2.05, 4.69) is 0 Å². The lowest BCUT2D eigenvalue weighted by Gasteiger charge is -2.16. The number of hydrogen-bond acceptors (Lipinski definition) is 6. The van der Waals surface area contributed by atoms with Gasteiger partial charge in [-0.1, -0.05) is 11.8 Å². The van der Waals surface area contributed by atoms with Crippen molar-refractivity contribution in [1.29, 1.82) is 0 Å². The van der Waals surface area contributed by atoms with Crippen LogP contribution >= 0.6 is 23.1 Å². The zero-order valence-corrected chi connectivity index (χ0v) is 18.0. The molecular formula is C20H27N3O3S2. The molecule has 152 valence electrons. The number of ether oxygens (including phenoxy) is 1. The Morgan fingerprint density at radius 2 is 2.00 bits per heavy atom. The molecule has 1 aliphatic heterocycles. The van der Waals surface area contributed by atoms with Gasteiger partial charge in [0.1, 0.15) is 4.83 Å². The number of fused-ring (bicyclic) bond motifs is 3. The van der Waals surface area contributed by atoms with Crippen molar-refractivity contribution < 1.29 is 9.53 Å². The highest BCUT2D eigenvalue weighted by atomic mass is 32.2. The monoisotopic (exact) mass is 421 g/mol. The topological polar surface area (TPSA) is 64.4 Å². The van der Waals surface area contributed by atoms with Crippen LogP contribution in [0.2, 0.25) is 0 Å². The van der Waals surface area contributed by atoms with Crippen molar-refractivity contribution in [2.75, 3.05) is 32.6 Å². The molecule has 0 radical (unpaired) electrons. The van der Waals surface area contributed by atoms with E-state index in [0.717, 1.165) is 66.3 Å². The molecule has 28 heavy (non-hydrogen) atoms. The lowest BCUT2D eigenvalue weighted by molar-refractivity contribution is -0.127. The first kappa shape index (κ1) is 19.9. The maximum atomic E-state index is 13.3. The molecule has 0 N–H and O–H groups in total. The molecule has 0 bridgehead atoms. The van der Waals surface area contributed by atoms with Gasteiger partial charge in [-0.3, -0.25) is 14.2 Å². The predicted octanol–water partition coefficient (Wildman–Crippen LogP) is 3.09. The zero-order valence-electron chi connectivity index (χ0n) is 16.4. The number of carbonyl (C=O) groups excluding carboxylic acids is 1. The average molecular weight is 422 g/mol. The normalized spacial score (nSPS) is 16.9. The molecule has 6 nitrogen and oxygen atoms in total. The fourth-order valence-corrected chi connectivity index (χ4v) is 6.32. The number of rotatable bonds is 8. The van der Waals surface area contributed by atoms with E-state index in [9.17, 15) is 9.59 Å². The number of nitrogens with zero attached hydrogens (tertiary/aromatic N) is 3. The van der Waals surface area contributed by atoms with Crippen molar-refractivity contribution in [1.82, 2.24) is 14.5 Å². The Morgan fingerprint density at radius 3 is 2.79 bits per heavy atom. The average Bonchev–Trinajstić information content (AvgIpc) is 3.27. The molecular weight excluding hydrogens is 394 g/mol. The summed E-state index contributed by atoms with van der Waals surface area (Å²) < 4.78 is 7.02. The number of methoxy groups -OCH3 is 1. The Hall–Kier alpha value is -1.38. The van der Waals surface area contributed by atoms with Crippen LogP contribution in [0, 0.1) is 0 Å². The highest BCUT2D eigenvalue weighted by molar-refractivity contribution is 7.99. The Morgan fingerprint density at radius 1 is 1.14 bits per heavy atom. The molecule has 3 heterocycles. The van der Waals surface area contributed by atoms with Crippen molar-refractivity contribution in [3.63, 3.8) is 0 Å². The maximum Gasteiger partial charge on any atom is 0.263 e. The molecule has 0 saturated carbocycles. The van der Waals surface area contributed by atoms with E-state index in [-0.39, 0.29) is 11.5 Å². The van der Waals surface area contributed by atoms with Crippen LogP contribution in [-0.2, 0) is 28.9 Å². The summed E-state index contributed by atoms with van der Waals surface area (Å²) in [5, 5.41) is 1.61. The van der Waals surface area contributed by atoms with Crippen LogP contribution in [0.15, 0.2) is 9.95 Å². The van der Waals surface area contributed by atoms with Gasteiger partial charge < -0.3 is 9.64 Å². The van der Waals surface area contributed by atoms with E-state index in [1.165, 1.54) is 16.9 Å². The number of aryl methyl sites for hydroxylation is 2. The van der Waals surface area contributed by atoms with Crippen LogP contribution < -0.4 is 5.56 Å². The SMILES string of the molecule is COCCn1c(SCCCN2CCCC2=O)nc2sc3c(c2c1=O)CCCC3. The molecule has 1 aliphatic carbocycles. The van der Waals surface area contributed by atoms with Gasteiger partial charge in [0.05, 0.1) is 18.5 Å². The van der Waals surface area contributed by atoms with Crippen LogP contribution in [0.5, 0.6) is 0 Å². The molecule has 0 spiro atoms. The minimum Gasteiger partial charge on any atom is -0.383 e. The lowest BCUT2D eigenvalue weighted by Crippen LogP contribution is -2.27. The van der Waals surface area contributed by atoms with Gasteiger partial charge in [0.15, 0.2) is 5.16 Å². The first-order valence-corrected chi connectivity index (χ1v) is 11.9. The van der Waals surface area contributed by atoms with Crippen LogP contribution in [0.4, 0.5) is 0 Å². The Labute approximate surface area is 173 Å². The summed E-state index contributed by atoms with van der Waals surface area (Å²) in [5.74, 6) is 1.12. The third kappa shape index (κ3) is 4.00. The predicted molar refractivity (Wildman–Crippen MR) is 114 cm³/mol. The molecule has 1 fully saturated rings. The summed E-state index contributed by atoms with van der Waals surface area (Å²) in [6.07, 6.45) is 6.99. The standard InChI is InChI=1S/C20H27N3O3S2/c1-26-12-11-23-19(25)17-14-6-2-3-7-15(14)28-18(17)21-20(23)27-13-5-10-22-9-4-8-16(22)24/h2-13H2,1H3. The molecule has 0 atom stereocenters. The number of carbonyl (C=O) groups is 1. The Kier molecular flexibility index (Phi) is 6.38. The molecule has 2 aromatic heterocycles. The maximum absolute atomic E-state index is 13.3. The highest BCUT2D eigenvalue weighted by Crippen LogP contribution is 2.34. The molecule has 1 saturated heterocycles. The van der Waals surface area contributed by atoms with E-state index >= 15 is 0 Å². The van der Waals surface area contributed by atoms with Crippen LogP contribution in [0.3, 0.4) is 0 Å². The Balaban J connectivity index is 1.55. The van der Waals surface area contributed by atoms with E-state index in [1.807, 2.05) is 4.90 Å². The van der Waals surface area contributed by atoms with Gasteiger partial charge >= 0.3 is 0 Å². The van der Waals surface area contributed by atoms with Crippen molar-refractivity contribution in [2.45, 2.75) is 56.6 Å². The minimum atomic E-state index is 0.0821. The van der Waals surface area contributed by atoms with Crippen LogP contribution in [0.25, 0.3) is 10.2 Å². The quantitative estimate of drug-likeness (QED) is 0.372. The summed E-state index contributed by atoms with van der Waals surface area (Å²) in [6.45, 7) is 2.70. The summed E-state index contributed by atoms with van der Waals surface area (Å²) in [5.41, 5.74) is 1.32. The van der Waals surface area contributed by atoms with Crippen molar-refractivity contribution in [2.24, 2.45) is 0 Å². The highest BCUT2D eigenvalue weighted by Gasteiger charge is 2.23. The van der Waals surface area contributed by atoms with Crippen LogP contribution in [-0.4, -0.2) is 52.9 Å². The number of aromatic nitrogens is 2. The van der Waals surface area contributed by atoms with Gasteiger partial charge in [-0.05, 0) is 44.1 Å². The van der Waals surface area contributed by atoms with Gasteiger partial charge in [-0.25, -0.2) is 4.98 Å². The smallest absolute Gasteiger partial charge is 0.263 e. The molecule has 1 amide bonds. The molecule has 2 aromatic rings. The number of thiophene rings is 1. The largest absolute Gasteiger partial charge is 0.383 e. The first-order valence-electron chi connectivity index (χ1n) is 10.1. The summed E-state index contributed by atoms with van der Waals surface area (Å²) >= 11 is 3.32. The summed E-state index contributed by atoms with van der Waals surface area (Å²) in [7, 11) is 1.66. The number of amides is 1. The second kappa shape index (κ2) is 8.97. The van der Waals surface area contributed by atoms with E-state index in [1.54, 1.807) is 34.8 Å².